The molecular weight excluding hydrogens is 244 g/mol. The number of unbranched alkanes of at least 4 members (excludes halogenated alkanes) is 3. The molecule has 2 rings (SSSR count). The third kappa shape index (κ3) is 3.75. The standard InChI is InChI=1S/C13H18N4O2/c18-8-4-2-1-3-7-14-13(19)10-5-6-11-12(9-10)16-17-15-11/h5-6,9,18H,1-4,7-8H2,(H,14,19)(H,15,16,17). The van der Waals surface area contributed by atoms with Crippen LogP contribution in [0.25, 0.3) is 11.0 Å². The molecule has 0 fully saturated rings. The smallest absolute Gasteiger partial charge is 0.251 e. The highest BCUT2D eigenvalue weighted by molar-refractivity contribution is 5.97. The Balaban J connectivity index is 1.79. The molecule has 0 bridgehead atoms. The maximum atomic E-state index is 11.9. The minimum absolute atomic E-state index is 0.0907. The van der Waals surface area contributed by atoms with Gasteiger partial charge in [-0.1, -0.05) is 12.8 Å². The number of benzene rings is 1. The predicted molar refractivity (Wildman–Crippen MR) is 71.8 cm³/mol. The first-order valence-electron chi connectivity index (χ1n) is 6.51. The van der Waals surface area contributed by atoms with Gasteiger partial charge in [-0.3, -0.25) is 4.79 Å². The van der Waals surface area contributed by atoms with Crippen LogP contribution in [-0.4, -0.2) is 39.6 Å². The zero-order valence-corrected chi connectivity index (χ0v) is 10.7. The molecule has 0 saturated carbocycles. The fourth-order valence-corrected chi connectivity index (χ4v) is 1.88. The molecule has 0 aliphatic carbocycles. The lowest BCUT2D eigenvalue weighted by Crippen LogP contribution is -2.24. The van der Waals surface area contributed by atoms with Crippen LogP contribution in [0.2, 0.25) is 0 Å². The molecule has 19 heavy (non-hydrogen) atoms. The molecule has 6 heteroatoms. The third-order valence-corrected chi connectivity index (χ3v) is 2.95. The third-order valence-electron chi connectivity index (χ3n) is 2.95. The van der Waals surface area contributed by atoms with E-state index in [-0.39, 0.29) is 12.5 Å². The molecule has 1 aromatic carbocycles. The summed E-state index contributed by atoms with van der Waals surface area (Å²) in [5, 5.41) is 21.9. The predicted octanol–water partition coefficient (Wildman–Crippen LogP) is 1.24. The Morgan fingerprint density at radius 3 is 2.79 bits per heavy atom. The van der Waals surface area contributed by atoms with Crippen LogP contribution in [0.3, 0.4) is 0 Å². The van der Waals surface area contributed by atoms with Crippen molar-refractivity contribution in [3.8, 4) is 0 Å². The average Bonchev–Trinajstić information content (AvgIpc) is 2.89. The summed E-state index contributed by atoms with van der Waals surface area (Å²) in [6.45, 7) is 0.894. The summed E-state index contributed by atoms with van der Waals surface area (Å²) in [5.41, 5.74) is 2.04. The molecule has 1 amide bonds. The van der Waals surface area contributed by atoms with Crippen LogP contribution >= 0.6 is 0 Å². The van der Waals surface area contributed by atoms with Crippen molar-refractivity contribution in [1.82, 2.24) is 20.7 Å². The van der Waals surface area contributed by atoms with Gasteiger partial charge in [0.2, 0.25) is 0 Å². The summed E-state index contributed by atoms with van der Waals surface area (Å²) in [4.78, 5) is 11.9. The Morgan fingerprint density at radius 1 is 1.16 bits per heavy atom. The first-order valence-corrected chi connectivity index (χ1v) is 6.51. The van der Waals surface area contributed by atoms with E-state index < -0.39 is 0 Å². The van der Waals surface area contributed by atoms with E-state index in [1.54, 1.807) is 18.2 Å². The summed E-state index contributed by atoms with van der Waals surface area (Å²) in [6, 6.07) is 5.24. The van der Waals surface area contributed by atoms with E-state index in [9.17, 15) is 4.79 Å². The van der Waals surface area contributed by atoms with Gasteiger partial charge < -0.3 is 10.4 Å². The largest absolute Gasteiger partial charge is 0.396 e. The number of aromatic amines is 1. The molecule has 6 nitrogen and oxygen atoms in total. The number of carbonyl (C=O) groups is 1. The van der Waals surface area contributed by atoms with Crippen LogP contribution in [-0.2, 0) is 0 Å². The quantitative estimate of drug-likeness (QED) is 0.655. The molecule has 1 heterocycles. The van der Waals surface area contributed by atoms with Gasteiger partial charge in [0.15, 0.2) is 0 Å². The summed E-state index contributed by atoms with van der Waals surface area (Å²) >= 11 is 0. The van der Waals surface area contributed by atoms with Gasteiger partial charge in [0.05, 0.1) is 0 Å². The van der Waals surface area contributed by atoms with E-state index in [4.69, 9.17) is 5.11 Å². The molecule has 2 aromatic rings. The number of nitrogens with one attached hydrogen (secondary N) is 2. The summed E-state index contributed by atoms with van der Waals surface area (Å²) < 4.78 is 0. The molecule has 3 N–H and O–H groups in total. The Kier molecular flexibility index (Phi) is 4.85. The van der Waals surface area contributed by atoms with Crippen molar-refractivity contribution >= 4 is 16.9 Å². The first kappa shape index (κ1) is 13.5. The van der Waals surface area contributed by atoms with Gasteiger partial charge in [0.25, 0.3) is 5.91 Å². The monoisotopic (exact) mass is 262 g/mol. The number of aromatic nitrogens is 3. The van der Waals surface area contributed by atoms with Crippen molar-refractivity contribution in [2.45, 2.75) is 25.7 Å². The number of H-pyrrole nitrogens is 1. The van der Waals surface area contributed by atoms with Gasteiger partial charge >= 0.3 is 0 Å². The molecular formula is C13H18N4O2. The van der Waals surface area contributed by atoms with Gasteiger partial charge in [-0.15, -0.1) is 0 Å². The zero-order valence-electron chi connectivity index (χ0n) is 10.7. The maximum absolute atomic E-state index is 11.9. The fraction of sp³-hybridized carbons (Fsp3) is 0.462. The fourth-order valence-electron chi connectivity index (χ4n) is 1.88. The Morgan fingerprint density at radius 2 is 1.95 bits per heavy atom. The van der Waals surface area contributed by atoms with E-state index in [2.05, 4.69) is 20.7 Å². The van der Waals surface area contributed by atoms with Crippen LogP contribution in [0.4, 0.5) is 0 Å². The van der Waals surface area contributed by atoms with Gasteiger partial charge in [-0.2, -0.15) is 15.4 Å². The molecule has 0 spiro atoms. The minimum Gasteiger partial charge on any atom is -0.396 e. The Bertz CT molecular complexity index is 538. The maximum Gasteiger partial charge on any atom is 0.251 e. The van der Waals surface area contributed by atoms with Gasteiger partial charge in [-0.05, 0) is 31.0 Å². The molecule has 0 saturated heterocycles. The normalized spacial score (nSPS) is 10.8. The lowest BCUT2D eigenvalue weighted by Gasteiger charge is -2.04. The van der Waals surface area contributed by atoms with Crippen molar-refractivity contribution < 1.29 is 9.90 Å². The van der Waals surface area contributed by atoms with E-state index in [1.165, 1.54) is 0 Å². The highest BCUT2D eigenvalue weighted by atomic mass is 16.2. The molecule has 0 unspecified atom stereocenters. The van der Waals surface area contributed by atoms with Crippen molar-refractivity contribution in [3.05, 3.63) is 23.8 Å². The number of rotatable bonds is 7. The molecule has 0 aliphatic rings. The van der Waals surface area contributed by atoms with Crippen LogP contribution in [0, 0.1) is 0 Å². The van der Waals surface area contributed by atoms with Crippen LogP contribution < -0.4 is 5.32 Å². The van der Waals surface area contributed by atoms with Crippen LogP contribution in [0.1, 0.15) is 36.0 Å². The van der Waals surface area contributed by atoms with Crippen molar-refractivity contribution in [2.75, 3.05) is 13.2 Å². The second kappa shape index (κ2) is 6.84. The van der Waals surface area contributed by atoms with Gasteiger partial charge in [0, 0.05) is 18.7 Å². The van der Waals surface area contributed by atoms with Crippen LogP contribution in [0.15, 0.2) is 18.2 Å². The summed E-state index contributed by atoms with van der Waals surface area (Å²) in [5.74, 6) is -0.0907. The lowest BCUT2D eigenvalue weighted by atomic mass is 10.1. The number of hydrogen-bond donors (Lipinski definition) is 3. The second-order valence-electron chi connectivity index (χ2n) is 4.42. The van der Waals surface area contributed by atoms with E-state index in [0.717, 1.165) is 31.2 Å². The zero-order chi connectivity index (χ0) is 13.5. The lowest BCUT2D eigenvalue weighted by molar-refractivity contribution is 0.0953. The number of aliphatic hydroxyl groups excluding tert-OH is 1. The summed E-state index contributed by atoms with van der Waals surface area (Å²) in [6.07, 6.45) is 3.77. The van der Waals surface area contributed by atoms with Gasteiger partial charge in [0.1, 0.15) is 11.0 Å². The number of nitrogens with zero attached hydrogens (tertiary/aromatic N) is 2. The Hall–Kier alpha value is -1.95. The van der Waals surface area contributed by atoms with Crippen molar-refractivity contribution in [1.29, 1.82) is 0 Å². The minimum atomic E-state index is -0.0907. The topological polar surface area (TPSA) is 90.9 Å². The highest BCUT2D eigenvalue weighted by Gasteiger charge is 2.07. The number of carbonyl (C=O) groups excluding carboxylic acids is 1. The number of fused-ring (bicyclic) bond motifs is 1. The second-order valence-corrected chi connectivity index (χ2v) is 4.42. The van der Waals surface area contributed by atoms with Crippen LogP contribution in [0.5, 0.6) is 0 Å². The molecule has 0 radical (unpaired) electrons. The number of aliphatic hydroxyl groups is 1. The summed E-state index contributed by atoms with van der Waals surface area (Å²) in [7, 11) is 0. The highest BCUT2D eigenvalue weighted by Crippen LogP contribution is 2.10. The van der Waals surface area contributed by atoms with E-state index >= 15 is 0 Å². The van der Waals surface area contributed by atoms with Gasteiger partial charge in [-0.25, -0.2) is 0 Å². The van der Waals surface area contributed by atoms with Crippen molar-refractivity contribution in [3.63, 3.8) is 0 Å². The average molecular weight is 262 g/mol. The molecule has 0 aliphatic heterocycles. The number of amides is 1. The van der Waals surface area contributed by atoms with E-state index in [0.29, 0.717) is 17.6 Å². The Labute approximate surface area is 111 Å². The number of hydrogen-bond acceptors (Lipinski definition) is 4. The van der Waals surface area contributed by atoms with E-state index in [1.807, 2.05) is 0 Å². The first-order chi connectivity index (χ1) is 9.31. The van der Waals surface area contributed by atoms with Crippen molar-refractivity contribution in [2.24, 2.45) is 0 Å². The molecule has 1 aromatic heterocycles. The SMILES string of the molecule is O=C(NCCCCCCO)c1ccc2n[nH]nc2c1. The molecule has 0 atom stereocenters. The molecule has 102 valence electrons.